The van der Waals surface area contributed by atoms with Crippen LogP contribution in [0.5, 0.6) is 11.5 Å². The fourth-order valence-electron chi connectivity index (χ4n) is 3.88. The lowest BCUT2D eigenvalue weighted by Crippen LogP contribution is -2.32. The number of hydrogen-bond acceptors (Lipinski definition) is 7. The fraction of sp³-hybridized carbons (Fsp3) is 0.375. The number of carbonyl (C=O) groups excluding carboxylic acids is 1. The van der Waals surface area contributed by atoms with Crippen LogP contribution in [0.4, 0.5) is 0 Å². The first-order valence-electron chi connectivity index (χ1n) is 11.2. The Morgan fingerprint density at radius 2 is 1.88 bits per heavy atom. The Bertz CT molecular complexity index is 1100. The van der Waals surface area contributed by atoms with Crippen LogP contribution in [0.15, 0.2) is 53.7 Å². The topological polar surface area (TPSA) is 87.5 Å². The molecule has 2 aromatic carbocycles. The Morgan fingerprint density at radius 1 is 1.03 bits per heavy atom. The highest BCUT2D eigenvalue weighted by atomic mass is 32.2. The van der Waals surface area contributed by atoms with Crippen LogP contribution in [0.1, 0.15) is 19.3 Å². The molecule has 1 amide bonds. The molecule has 1 saturated heterocycles. The summed E-state index contributed by atoms with van der Waals surface area (Å²) >= 11 is 1.36. The lowest BCUT2D eigenvalue weighted by atomic mass is 10.2. The predicted octanol–water partition coefficient (Wildman–Crippen LogP) is 3.48. The van der Waals surface area contributed by atoms with Gasteiger partial charge in [-0.25, -0.2) is 0 Å². The molecule has 0 unspecified atom stereocenters. The van der Waals surface area contributed by atoms with E-state index in [1.54, 1.807) is 0 Å². The molecule has 9 heteroatoms. The number of hydrogen-bond donors (Lipinski definition) is 1. The first-order valence-corrected chi connectivity index (χ1v) is 12.2. The van der Waals surface area contributed by atoms with Gasteiger partial charge in [-0.3, -0.25) is 9.36 Å². The van der Waals surface area contributed by atoms with E-state index in [0.717, 1.165) is 42.9 Å². The van der Waals surface area contributed by atoms with Gasteiger partial charge in [0, 0.05) is 30.8 Å². The minimum Gasteiger partial charge on any atom is -0.490 e. The van der Waals surface area contributed by atoms with Crippen molar-refractivity contribution in [2.75, 3.05) is 32.1 Å². The molecule has 33 heavy (non-hydrogen) atoms. The highest BCUT2D eigenvalue weighted by molar-refractivity contribution is 7.99. The van der Waals surface area contributed by atoms with Gasteiger partial charge in [0.05, 0.1) is 25.1 Å². The van der Waals surface area contributed by atoms with Gasteiger partial charge in [0.2, 0.25) is 5.91 Å². The van der Waals surface area contributed by atoms with Gasteiger partial charge in [0.25, 0.3) is 0 Å². The zero-order valence-corrected chi connectivity index (χ0v) is 19.1. The largest absolute Gasteiger partial charge is 0.490 e. The molecule has 0 saturated carbocycles. The van der Waals surface area contributed by atoms with Crippen LogP contribution in [0.2, 0.25) is 0 Å². The molecule has 8 nitrogen and oxygen atoms in total. The Hall–Kier alpha value is -3.04. The number of amides is 1. The van der Waals surface area contributed by atoms with Crippen LogP contribution < -0.4 is 14.8 Å². The molecular weight excluding hydrogens is 440 g/mol. The van der Waals surface area contributed by atoms with Crippen molar-refractivity contribution in [3.63, 3.8) is 0 Å². The highest BCUT2D eigenvalue weighted by Crippen LogP contribution is 2.35. The second-order valence-corrected chi connectivity index (χ2v) is 8.86. The Kier molecular flexibility index (Phi) is 6.78. The standard InChI is InChI=1S/C24H26N4O4S/c29-22(25-15-19-8-4-11-30-19)16-33-24-27-26-23(28(24)18-6-2-1-3-7-18)17-9-10-20-21(14-17)32-13-5-12-31-20/h1-3,6-7,9-10,14,19H,4-5,8,11-13,15-16H2,(H,25,29)/t19-/m1/s1. The number of thioether (sulfide) groups is 1. The average molecular weight is 467 g/mol. The summed E-state index contributed by atoms with van der Waals surface area (Å²) in [4.78, 5) is 12.4. The number of ether oxygens (including phenoxy) is 3. The third kappa shape index (κ3) is 5.15. The average Bonchev–Trinajstić information content (AvgIpc) is 3.46. The minimum atomic E-state index is -0.0461. The molecule has 0 spiro atoms. The van der Waals surface area contributed by atoms with Gasteiger partial charge in [0.1, 0.15) is 0 Å². The normalized spacial score (nSPS) is 17.5. The first-order chi connectivity index (χ1) is 16.3. The summed E-state index contributed by atoms with van der Waals surface area (Å²) in [5.41, 5.74) is 1.79. The molecule has 0 radical (unpaired) electrons. The Balaban J connectivity index is 1.38. The number of carbonyl (C=O) groups is 1. The van der Waals surface area contributed by atoms with Crippen LogP contribution in [0.3, 0.4) is 0 Å². The zero-order valence-electron chi connectivity index (χ0n) is 18.2. The number of benzene rings is 2. The van der Waals surface area contributed by atoms with E-state index in [0.29, 0.717) is 36.5 Å². The summed E-state index contributed by atoms with van der Waals surface area (Å²) < 4.78 is 19.2. The third-order valence-corrected chi connectivity index (χ3v) is 6.47. The van der Waals surface area contributed by atoms with Crippen molar-refractivity contribution >= 4 is 17.7 Å². The van der Waals surface area contributed by atoms with Gasteiger partial charge in [-0.1, -0.05) is 30.0 Å². The van der Waals surface area contributed by atoms with E-state index in [1.807, 2.05) is 53.1 Å². The number of fused-ring (bicyclic) bond motifs is 1. The Labute approximate surface area is 196 Å². The van der Waals surface area contributed by atoms with Crippen molar-refractivity contribution in [1.29, 1.82) is 0 Å². The number of nitrogens with one attached hydrogen (secondary N) is 1. The lowest BCUT2D eigenvalue weighted by molar-refractivity contribution is -0.119. The van der Waals surface area contributed by atoms with Crippen LogP contribution in [-0.2, 0) is 9.53 Å². The number of rotatable bonds is 7. The van der Waals surface area contributed by atoms with E-state index < -0.39 is 0 Å². The maximum absolute atomic E-state index is 12.4. The van der Waals surface area contributed by atoms with E-state index in [9.17, 15) is 4.79 Å². The van der Waals surface area contributed by atoms with Gasteiger partial charge < -0.3 is 19.5 Å². The van der Waals surface area contributed by atoms with Crippen LogP contribution in [0.25, 0.3) is 17.1 Å². The van der Waals surface area contributed by atoms with Gasteiger partial charge in [-0.15, -0.1) is 10.2 Å². The van der Waals surface area contributed by atoms with Gasteiger partial charge >= 0.3 is 0 Å². The number of para-hydroxylation sites is 1. The molecule has 5 rings (SSSR count). The summed E-state index contributed by atoms with van der Waals surface area (Å²) in [6, 6.07) is 15.7. The SMILES string of the molecule is O=C(CSc1nnc(-c2ccc3c(c2)OCCCO3)n1-c1ccccc1)NC[C@H]1CCCO1. The molecule has 1 atom stereocenters. The molecule has 3 aromatic rings. The zero-order chi connectivity index (χ0) is 22.5. The van der Waals surface area contributed by atoms with Crippen molar-refractivity contribution in [3.8, 4) is 28.6 Å². The quantitative estimate of drug-likeness (QED) is 0.534. The van der Waals surface area contributed by atoms with E-state index >= 15 is 0 Å². The summed E-state index contributed by atoms with van der Waals surface area (Å²) in [6.07, 6.45) is 3.02. The van der Waals surface area contributed by atoms with E-state index in [-0.39, 0.29) is 17.8 Å². The van der Waals surface area contributed by atoms with Crippen LogP contribution in [-0.4, -0.2) is 58.9 Å². The Morgan fingerprint density at radius 3 is 2.70 bits per heavy atom. The number of aromatic nitrogens is 3. The van der Waals surface area contributed by atoms with Gasteiger partial charge in [-0.2, -0.15) is 0 Å². The second kappa shape index (κ2) is 10.3. The number of nitrogens with zero attached hydrogens (tertiary/aromatic N) is 3. The molecule has 172 valence electrons. The van der Waals surface area contributed by atoms with Gasteiger partial charge in [-0.05, 0) is 43.2 Å². The lowest BCUT2D eigenvalue weighted by Gasteiger charge is -2.13. The van der Waals surface area contributed by atoms with Crippen molar-refractivity contribution in [3.05, 3.63) is 48.5 Å². The molecule has 2 aliphatic heterocycles. The van der Waals surface area contributed by atoms with E-state index in [2.05, 4.69) is 15.5 Å². The maximum Gasteiger partial charge on any atom is 0.230 e. The van der Waals surface area contributed by atoms with Crippen molar-refractivity contribution in [1.82, 2.24) is 20.1 Å². The van der Waals surface area contributed by atoms with Crippen molar-refractivity contribution in [2.24, 2.45) is 0 Å². The summed E-state index contributed by atoms with van der Waals surface area (Å²) in [5.74, 6) is 2.32. The van der Waals surface area contributed by atoms with Crippen molar-refractivity contribution in [2.45, 2.75) is 30.5 Å². The summed E-state index contributed by atoms with van der Waals surface area (Å²) in [5, 5.41) is 12.5. The smallest absolute Gasteiger partial charge is 0.230 e. The molecule has 0 aliphatic carbocycles. The molecule has 3 heterocycles. The maximum atomic E-state index is 12.4. The predicted molar refractivity (Wildman–Crippen MR) is 125 cm³/mol. The molecule has 1 N–H and O–H groups in total. The monoisotopic (exact) mass is 466 g/mol. The molecule has 2 aliphatic rings. The first kappa shape index (κ1) is 21.8. The van der Waals surface area contributed by atoms with E-state index in [1.165, 1.54) is 11.8 Å². The van der Waals surface area contributed by atoms with Crippen molar-refractivity contribution < 1.29 is 19.0 Å². The highest BCUT2D eigenvalue weighted by Gasteiger charge is 2.20. The molecule has 0 bridgehead atoms. The van der Waals surface area contributed by atoms with Crippen LogP contribution in [0, 0.1) is 0 Å². The second-order valence-electron chi connectivity index (χ2n) is 7.92. The van der Waals surface area contributed by atoms with E-state index in [4.69, 9.17) is 14.2 Å². The molecule has 1 fully saturated rings. The summed E-state index contributed by atoms with van der Waals surface area (Å²) in [6.45, 7) is 2.58. The summed E-state index contributed by atoms with van der Waals surface area (Å²) in [7, 11) is 0. The van der Waals surface area contributed by atoms with Gasteiger partial charge in [0.15, 0.2) is 22.5 Å². The third-order valence-electron chi connectivity index (χ3n) is 5.54. The molecular formula is C24H26N4O4S. The fourth-order valence-corrected chi connectivity index (χ4v) is 4.66. The minimum absolute atomic E-state index is 0.0461. The van der Waals surface area contributed by atoms with Crippen LogP contribution >= 0.6 is 11.8 Å². The molecule has 1 aromatic heterocycles.